The lowest BCUT2D eigenvalue weighted by Crippen LogP contribution is -2.30. The predicted molar refractivity (Wildman–Crippen MR) is 113 cm³/mol. The maximum atomic E-state index is 12.6. The number of nitrogens with one attached hydrogen (secondary N) is 3. The first kappa shape index (κ1) is 22.1. The van der Waals surface area contributed by atoms with Crippen molar-refractivity contribution in [2.75, 3.05) is 32.7 Å². The Morgan fingerprint density at radius 1 is 1.16 bits per heavy atom. The van der Waals surface area contributed by atoms with Gasteiger partial charge in [0.2, 0.25) is 0 Å². The molecule has 0 radical (unpaired) electrons. The number of amides is 1. The molecule has 31 heavy (non-hydrogen) atoms. The van der Waals surface area contributed by atoms with E-state index in [0.717, 1.165) is 0 Å². The lowest BCUT2D eigenvalue weighted by atomic mass is 10.2. The van der Waals surface area contributed by atoms with E-state index in [-0.39, 0.29) is 21.8 Å². The summed E-state index contributed by atoms with van der Waals surface area (Å²) in [6, 6.07) is 9.65. The summed E-state index contributed by atoms with van der Waals surface area (Å²) in [5.74, 6) is -0.495. The number of non-ortho nitro benzene ring substituents is 1. The fourth-order valence-electron chi connectivity index (χ4n) is 2.91. The molecular formula is C19H20N4O7S. The molecule has 1 amide bonds. The molecule has 0 atom stereocenters. The zero-order chi connectivity index (χ0) is 22.6. The molecule has 0 saturated carbocycles. The molecule has 1 heterocycles. The molecule has 0 saturated heterocycles. The number of rotatable bonds is 9. The van der Waals surface area contributed by atoms with Gasteiger partial charge in [0, 0.05) is 30.8 Å². The van der Waals surface area contributed by atoms with E-state index in [4.69, 9.17) is 9.47 Å². The Morgan fingerprint density at radius 3 is 2.48 bits per heavy atom. The van der Waals surface area contributed by atoms with Crippen LogP contribution in [-0.4, -0.2) is 51.6 Å². The van der Waals surface area contributed by atoms with Gasteiger partial charge in [0.25, 0.3) is 21.6 Å². The minimum Gasteiger partial charge on any atom is -0.497 e. The highest BCUT2D eigenvalue weighted by molar-refractivity contribution is 7.90. The van der Waals surface area contributed by atoms with Gasteiger partial charge in [0.05, 0.1) is 23.5 Å². The van der Waals surface area contributed by atoms with Crippen molar-refractivity contribution in [3.63, 3.8) is 0 Å². The molecule has 164 valence electrons. The Hall–Kier alpha value is -3.64. The van der Waals surface area contributed by atoms with Gasteiger partial charge in [-0.25, -0.2) is 13.1 Å². The Morgan fingerprint density at radius 2 is 1.87 bits per heavy atom. The van der Waals surface area contributed by atoms with E-state index in [1.807, 2.05) is 4.72 Å². The molecular weight excluding hydrogens is 428 g/mol. The number of aromatic amines is 1. The molecule has 2 aromatic carbocycles. The van der Waals surface area contributed by atoms with Crippen LogP contribution in [0.25, 0.3) is 10.9 Å². The number of nitro benzene ring substituents is 1. The maximum absolute atomic E-state index is 12.6. The number of carbonyl (C=O) groups excluding carboxylic acids is 1. The third-order valence-electron chi connectivity index (χ3n) is 4.43. The molecule has 11 nitrogen and oxygen atoms in total. The van der Waals surface area contributed by atoms with Crippen LogP contribution in [0.1, 0.15) is 10.5 Å². The predicted octanol–water partition coefficient (Wildman–Crippen LogP) is 2.26. The maximum Gasteiger partial charge on any atom is 0.293 e. The monoisotopic (exact) mass is 448 g/mol. The highest BCUT2D eigenvalue weighted by atomic mass is 32.2. The van der Waals surface area contributed by atoms with Crippen molar-refractivity contribution in [2.45, 2.75) is 4.90 Å². The van der Waals surface area contributed by atoms with Gasteiger partial charge in [-0.05, 0) is 36.4 Å². The number of hydrogen-bond acceptors (Lipinski definition) is 8. The largest absolute Gasteiger partial charge is 0.497 e. The average Bonchev–Trinajstić information content (AvgIpc) is 3.19. The van der Waals surface area contributed by atoms with E-state index >= 15 is 0 Å². The van der Waals surface area contributed by atoms with E-state index in [1.54, 1.807) is 0 Å². The number of benzene rings is 2. The summed E-state index contributed by atoms with van der Waals surface area (Å²) in [5.41, 5.74) is 0.242. The fourth-order valence-corrected chi connectivity index (χ4v) is 3.88. The number of anilines is 1. The number of ether oxygens (including phenoxy) is 2. The number of aromatic nitrogens is 1. The minimum absolute atomic E-state index is 0.0967. The zero-order valence-electron chi connectivity index (χ0n) is 16.7. The molecule has 0 fully saturated rings. The quantitative estimate of drug-likeness (QED) is 0.256. The Labute approximate surface area is 177 Å². The minimum atomic E-state index is -4.17. The SMILES string of the molecule is COCCNc1ccc([N+](=O)[O-])c2[nH]c(C(=O)NS(=O)(=O)c3ccc(OC)cc3)cc12. The topological polar surface area (TPSA) is 153 Å². The van der Waals surface area contributed by atoms with Crippen LogP contribution in [0.5, 0.6) is 5.75 Å². The first-order valence-corrected chi connectivity index (χ1v) is 10.5. The molecule has 1 aromatic heterocycles. The van der Waals surface area contributed by atoms with Gasteiger partial charge in [-0.2, -0.15) is 0 Å². The van der Waals surface area contributed by atoms with Crippen LogP contribution in [0, 0.1) is 10.1 Å². The van der Waals surface area contributed by atoms with Crippen LogP contribution in [0.2, 0.25) is 0 Å². The summed E-state index contributed by atoms with van der Waals surface area (Å²) in [4.78, 5) is 25.9. The van der Waals surface area contributed by atoms with E-state index in [0.29, 0.717) is 30.0 Å². The van der Waals surface area contributed by atoms with E-state index in [9.17, 15) is 23.3 Å². The Kier molecular flexibility index (Phi) is 6.42. The normalized spacial score (nSPS) is 11.3. The summed E-state index contributed by atoms with van der Waals surface area (Å²) < 4.78 is 37.0. The summed E-state index contributed by atoms with van der Waals surface area (Å²) in [6.07, 6.45) is 0. The highest BCUT2D eigenvalue weighted by Crippen LogP contribution is 2.32. The lowest BCUT2D eigenvalue weighted by Gasteiger charge is -2.07. The number of methoxy groups -OCH3 is 2. The number of fused-ring (bicyclic) bond motifs is 1. The number of nitro groups is 1. The molecule has 0 bridgehead atoms. The van der Waals surface area contributed by atoms with Crippen LogP contribution < -0.4 is 14.8 Å². The average molecular weight is 448 g/mol. The summed E-state index contributed by atoms with van der Waals surface area (Å²) >= 11 is 0. The van der Waals surface area contributed by atoms with Crippen LogP contribution >= 0.6 is 0 Å². The highest BCUT2D eigenvalue weighted by Gasteiger charge is 2.23. The van der Waals surface area contributed by atoms with Gasteiger partial charge < -0.3 is 19.8 Å². The summed E-state index contributed by atoms with van der Waals surface area (Å²) in [5, 5.41) is 14.8. The third-order valence-corrected chi connectivity index (χ3v) is 5.78. The van der Waals surface area contributed by atoms with Gasteiger partial charge >= 0.3 is 0 Å². The number of nitrogens with zero attached hydrogens (tertiary/aromatic N) is 1. The number of hydrogen-bond donors (Lipinski definition) is 3. The number of carbonyl (C=O) groups is 1. The molecule has 0 spiro atoms. The first-order valence-electron chi connectivity index (χ1n) is 9.01. The van der Waals surface area contributed by atoms with Crippen molar-refractivity contribution >= 4 is 38.2 Å². The summed E-state index contributed by atoms with van der Waals surface area (Å²) in [6.45, 7) is 0.832. The molecule has 3 N–H and O–H groups in total. The van der Waals surface area contributed by atoms with Gasteiger partial charge in [-0.1, -0.05) is 0 Å². The second-order valence-corrected chi connectivity index (χ2v) is 8.07. The van der Waals surface area contributed by atoms with Crippen molar-refractivity contribution in [3.8, 4) is 5.75 Å². The molecule has 0 aliphatic rings. The molecule has 0 unspecified atom stereocenters. The molecule has 0 aliphatic heterocycles. The van der Waals surface area contributed by atoms with Crippen LogP contribution in [0.15, 0.2) is 47.4 Å². The van der Waals surface area contributed by atoms with Gasteiger partial charge in [-0.3, -0.25) is 14.9 Å². The van der Waals surface area contributed by atoms with Crippen molar-refractivity contribution in [1.29, 1.82) is 0 Å². The lowest BCUT2D eigenvalue weighted by molar-refractivity contribution is -0.383. The van der Waals surface area contributed by atoms with Gasteiger partial charge in [0.1, 0.15) is 17.0 Å². The van der Waals surface area contributed by atoms with E-state index in [2.05, 4.69) is 10.3 Å². The Bertz CT molecular complexity index is 1220. The van der Waals surface area contributed by atoms with E-state index < -0.39 is 20.9 Å². The Balaban J connectivity index is 1.93. The van der Waals surface area contributed by atoms with Crippen molar-refractivity contribution in [2.24, 2.45) is 0 Å². The second-order valence-electron chi connectivity index (χ2n) is 6.39. The molecule has 3 rings (SSSR count). The third kappa shape index (κ3) is 4.75. The first-order chi connectivity index (χ1) is 14.8. The van der Waals surface area contributed by atoms with Crippen LogP contribution in [-0.2, 0) is 14.8 Å². The molecule has 12 heteroatoms. The molecule has 0 aliphatic carbocycles. The van der Waals surface area contributed by atoms with Crippen molar-refractivity contribution in [3.05, 3.63) is 58.3 Å². The van der Waals surface area contributed by atoms with Crippen molar-refractivity contribution in [1.82, 2.24) is 9.71 Å². The van der Waals surface area contributed by atoms with Crippen LogP contribution in [0.3, 0.4) is 0 Å². The van der Waals surface area contributed by atoms with Gasteiger partial charge in [0.15, 0.2) is 0 Å². The second kappa shape index (κ2) is 9.02. The zero-order valence-corrected chi connectivity index (χ0v) is 17.5. The van der Waals surface area contributed by atoms with Crippen LogP contribution in [0.4, 0.5) is 11.4 Å². The molecule has 3 aromatic rings. The number of H-pyrrole nitrogens is 1. The van der Waals surface area contributed by atoms with Gasteiger partial charge in [-0.15, -0.1) is 0 Å². The number of sulfonamides is 1. The smallest absolute Gasteiger partial charge is 0.293 e. The van der Waals surface area contributed by atoms with Crippen molar-refractivity contribution < 1.29 is 27.6 Å². The van der Waals surface area contributed by atoms with E-state index in [1.165, 1.54) is 56.7 Å². The fraction of sp³-hybridized carbons (Fsp3) is 0.211. The standard InChI is InChI=1S/C19H20N4O7S/c1-29-10-9-20-15-7-8-17(23(25)26)18-14(15)11-16(21-18)19(24)22-31(27,28)13-5-3-12(30-2)4-6-13/h3-8,11,20-21H,9-10H2,1-2H3,(H,22,24). The summed E-state index contributed by atoms with van der Waals surface area (Å²) in [7, 11) is -1.19.